The number of rotatable bonds is 4. The molecule has 0 amide bonds. The molecule has 0 radical (unpaired) electrons. The first-order chi connectivity index (χ1) is 13.6. The Kier molecular flexibility index (Phi) is 5.01. The monoisotopic (exact) mass is 476 g/mol. The molecule has 0 unspecified atom stereocenters. The molecule has 0 aliphatic rings. The molecule has 4 aromatic carbocycles. The Morgan fingerprint density at radius 3 is 1.11 bits per heavy atom. The van der Waals surface area contributed by atoms with E-state index in [9.17, 15) is 15.3 Å². The van der Waals surface area contributed by atoms with E-state index >= 15 is 0 Å². The van der Waals surface area contributed by atoms with Gasteiger partial charge in [0.15, 0.2) is 0 Å². The van der Waals surface area contributed by atoms with E-state index in [1.54, 1.807) is 18.2 Å². The predicted octanol–water partition coefficient (Wildman–Crippen LogP) is 2.18. The van der Waals surface area contributed by atoms with Crippen molar-refractivity contribution in [1.29, 1.82) is 0 Å². The molecular formula is C24H20O3Sn. The van der Waals surface area contributed by atoms with Gasteiger partial charge < -0.3 is 0 Å². The predicted molar refractivity (Wildman–Crippen MR) is 115 cm³/mol. The second-order valence-corrected chi connectivity index (χ2v) is 17.6. The van der Waals surface area contributed by atoms with Gasteiger partial charge in [-0.15, -0.1) is 0 Å². The van der Waals surface area contributed by atoms with Gasteiger partial charge in [-0.3, -0.25) is 0 Å². The third kappa shape index (κ3) is 3.22. The normalized spacial score (nSPS) is 11.3. The van der Waals surface area contributed by atoms with E-state index in [4.69, 9.17) is 0 Å². The molecule has 4 heteroatoms. The van der Waals surface area contributed by atoms with Crippen molar-refractivity contribution in [3.8, 4) is 17.2 Å². The fraction of sp³-hybridized carbons (Fsp3) is 0. The summed E-state index contributed by atoms with van der Waals surface area (Å²) in [5, 5.41) is 30.8. The van der Waals surface area contributed by atoms with Crippen LogP contribution in [-0.4, -0.2) is 33.7 Å². The summed E-state index contributed by atoms with van der Waals surface area (Å²) in [6.07, 6.45) is 0. The Morgan fingerprint density at radius 2 is 0.750 bits per heavy atom. The van der Waals surface area contributed by atoms with Crippen LogP contribution in [0.3, 0.4) is 0 Å². The Morgan fingerprint density at radius 1 is 0.393 bits per heavy atom. The van der Waals surface area contributed by atoms with E-state index in [0.717, 1.165) is 10.7 Å². The molecule has 0 saturated heterocycles. The molecule has 138 valence electrons. The fourth-order valence-electron chi connectivity index (χ4n) is 3.91. The van der Waals surface area contributed by atoms with Crippen LogP contribution in [0.15, 0.2) is 103 Å². The van der Waals surface area contributed by atoms with Crippen molar-refractivity contribution in [3.05, 3.63) is 103 Å². The maximum absolute atomic E-state index is 10.3. The third-order valence-corrected chi connectivity index (χ3v) is 18.5. The summed E-state index contributed by atoms with van der Waals surface area (Å²) in [5.74, 6) is 0.611. The SMILES string of the molecule is Oc1ccc[c]([Sn]([c]2ccccc2)([c]2cccc(O)c2)[c]2cccc(O)c2)c1. The molecule has 3 nitrogen and oxygen atoms in total. The molecule has 0 aliphatic carbocycles. The molecule has 0 bridgehead atoms. The first-order valence-corrected chi connectivity index (χ1v) is 14.8. The van der Waals surface area contributed by atoms with Gasteiger partial charge in [0.05, 0.1) is 0 Å². The molecule has 0 aromatic heterocycles. The van der Waals surface area contributed by atoms with E-state index in [-0.39, 0.29) is 17.2 Å². The first-order valence-electron chi connectivity index (χ1n) is 9.05. The van der Waals surface area contributed by atoms with Crippen LogP contribution in [0.25, 0.3) is 0 Å². The third-order valence-electron chi connectivity index (χ3n) is 5.04. The van der Waals surface area contributed by atoms with Crippen molar-refractivity contribution < 1.29 is 15.3 Å². The van der Waals surface area contributed by atoms with Gasteiger partial charge in [0.2, 0.25) is 0 Å². The summed E-state index contributed by atoms with van der Waals surface area (Å²) >= 11 is -3.92. The van der Waals surface area contributed by atoms with E-state index < -0.39 is 18.4 Å². The molecule has 28 heavy (non-hydrogen) atoms. The Bertz CT molecular complexity index is 998. The molecule has 0 fully saturated rings. The molecule has 4 rings (SSSR count). The van der Waals surface area contributed by atoms with Gasteiger partial charge in [-0.2, -0.15) is 0 Å². The minimum atomic E-state index is -3.92. The summed E-state index contributed by atoms with van der Waals surface area (Å²) in [6, 6.07) is 32.3. The first kappa shape index (κ1) is 18.4. The molecule has 0 spiro atoms. The van der Waals surface area contributed by atoms with E-state index in [1.165, 1.54) is 3.58 Å². The Labute approximate surface area is 168 Å². The van der Waals surface area contributed by atoms with Crippen LogP contribution in [0, 0.1) is 0 Å². The molecule has 0 atom stereocenters. The van der Waals surface area contributed by atoms with Crippen LogP contribution < -0.4 is 14.3 Å². The zero-order valence-corrected chi connectivity index (χ0v) is 18.0. The van der Waals surface area contributed by atoms with Crippen molar-refractivity contribution >= 4 is 32.7 Å². The second-order valence-electron chi connectivity index (χ2n) is 6.77. The summed E-state index contributed by atoms with van der Waals surface area (Å²) in [7, 11) is 0. The molecule has 4 aromatic rings. The topological polar surface area (TPSA) is 60.7 Å². The average molecular weight is 475 g/mol. The number of hydrogen-bond acceptors (Lipinski definition) is 3. The Balaban J connectivity index is 2.17. The van der Waals surface area contributed by atoms with Crippen LogP contribution in [0.2, 0.25) is 0 Å². The maximum atomic E-state index is 10.3. The minimum absolute atomic E-state index is 0.204. The van der Waals surface area contributed by atoms with Gasteiger partial charge in [0, 0.05) is 0 Å². The molecule has 0 saturated carbocycles. The summed E-state index contributed by atoms with van der Waals surface area (Å²) in [4.78, 5) is 0. The summed E-state index contributed by atoms with van der Waals surface area (Å²) in [6.45, 7) is 0. The van der Waals surface area contributed by atoms with Crippen LogP contribution in [0.5, 0.6) is 17.2 Å². The van der Waals surface area contributed by atoms with Crippen LogP contribution in [-0.2, 0) is 0 Å². The van der Waals surface area contributed by atoms with Crippen LogP contribution in [0.1, 0.15) is 0 Å². The second kappa shape index (κ2) is 7.60. The van der Waals surface area contributed by atoms with Gasteiger partial charge in [0.25, 0.3) is 0 Å². The molecule has 0 heterocycles. The zero-order chi connectivity index (χ0) is 19.6. The number of benzene rings is 4. The van der Waals surface area contributed by atoms with Crippen molar-refractivity contribution in [1.82, 2.24) is 0 Å². The summed E-state index contributed by atoms with van der Waals surface area (Å²) < 4.78 is 4.28. The number of phenols is 3. The average Bonchev–Trinajstić information content (AvgIpc) is 2.70. The van der Waals surface area contributed by atoms with Gasteiger partial charge >= 0.3 is 168 Å². The van der Waals surface area contributed by atoms with Gasteiger partial charge in [-0.05, 0) is 0 Å². The van der Waals surface area contributed by atoms with Crippen molar-refractivity contribution in [2.24, 2.45) is 0 Å². The van der Waals surface area contributed by atoms with E-state index in [0.29, 0.717) is 0 Å². The van der Waals surface area contributed by atoms with Gasteiger partial charge in [-0.25, -0.2) is 0 Å². The fourth-order valence-corrected chi connectivity index (χ4v) is 17.7. The zero-order valence-electron chi connectivity index (χ0n) is 15.2. The van der Waals surface area contributed by atoms with Crippen LogP contribution in [0.4, 0.5) is 0 Å². The van der Waals surface area contributed by atoms with Crippen molar-refractivity contribution in [3.63, 3.8) is 0 Å². The van der Waals surface area contributed by atoms with Crippen molar-refractivity contribution in [2.75, 3.05) is 0 Å². The number of phenolic OH excluding ortho intramolecular Hbond substituents is 3. The quantitative estimate of drug-likeness (QED) is 0.397. The van der Waals surface area contributed by atoms with Crippen LogP contribution >= 0.6 is 0 Å². The van der Waals surface area contributed by atoms with Crippen molar-refractivity contribution in [2.45, 2.75) is 0 Å². The summed E-state index contributed by atoms with van der Waals surface area (Å²) in [5.41, 5.74) is 0. The van der Waals surface area contributed by atoms with Gasteiger partial charge in [0.1, 0.15) is 0 Å². The standard InChI is InChI=1S/3C6H5O.C6H5.Sn/c3*7-6-4-2-1-3-5-6;1-2-4-6-5-3-1;/h3*1-2,4-5,7H;1-5H;. The molecule has 0 aliphatic heterocycles. The molecule has 3 N–H and O–H groups in total. The van der Waals surface area contributed by atoms with E-state index in [2.05, 4.69) is 12.1 Å². The number of hydrogen-bond donors (Lipinski definition) is 3. The van der Waals surface area contributed by atoms with Gasteiger partial charge in [-0.1, -0.05) is 0 Å². The number of aromatic hydroxyl groups is 3. The Hall–Kier alpha value is -2.92. The van der Waals surface area contributed by atoms with E-state index in [1.807, 2.05) is 72.8 Å². The molecular weight excluding hydrogens is 455 g/mol.